The molecule has 5 heteroatoms. The van der Waals surface area contributed by atoms with Gasteiger partial charge in [0, 0.05) is 5.56 Å². The normalized spacial score (nSPS) is 10.7. The van der Waals surface area contributed by atoms with E-state index in [4.69, 9.17) is 4.74 Å². The highest BCUT2D eigenvalue weighted by molar-refractivity contribution is 5.98. The Bertz CT molecular complexity index is 454. The first-order valence-electron chi connectivity index (χ1n) is 5.45. The molecule has 1 rings (SSSR count). The summed E-state index contributed by atoms with van der Waals surface area (Å²) in [5.41, 5.74) is -0.652. The topological polar surface area (TPSA) is 64.6 Å². The molecule has 0 heterocycles. The minimum atomic E-state index is -1.07. The van der Waals surface area contributed by atoms with Gasteiger partial charge in [-0.05, 0) is 32.0 Å². The fraction of sp³-hybridized carbons (Fsp3) is 0.385. The van der Waals surface area contributed by atoms with Gasteiger partial charge in [-0.1, -0.05) is 6.07 Å². The Hall–Kier alpha value is -2.04. The van der Waals surface area contributed by atoms with Crippen molar-refractivity contribution in [3.05, 3.63) is 29.8 Å². The number of carbonyl (C=O) groups excluding carboxylic acids is 2. The van der Waals surface area contributed by atoms with Gasteiger partial charge in [-0.3, -0.25) is 4.79 Å². The molecule has 0 bridgehead atoms. The molecule has 0 atom stereocenters. The van der Waals surface area contributed by atoms with E-state index in [0.717, 1.165) is 0 Å². The van der Waals surface area contributed by atoms with E-state index in [1.54, 1.807) is 38.1 Å². The van der Waals surface area contributed by atoms with Gasteiger partial charge in [0.1, 0.15) is 11.3 Å². The van der Waals surface area contributed by atoms with Gasteiger partial charge in [-0.2, -0.15) is 0 Å². The lowest BCUT2D eigenvalue weighted by atomic mass is 10.0. The summed E-state index contributed by atoms with van der Waals surface area (Å²) in [5.74, 6) is -0.276. The van der Waals surface area contributed by atoms with E-state index < -0.39 is 11.5 Å². The van der Waals surface area contributed by atoms with E-state index in [2.05, 4.69) is 10.1 Å². The molecule has 0 spiro atoms. The smallest absolute Gasteiger partial charge is 0.330 e. The van der Waals surface area contributed by atoms with Gasteiger partial charge in [0.05, 0.1) is 14.2 Å². The monoisotopic (exact) mass is 251 g/mol. The standard InChI is InChI=1S/C13H17NO4/c1-13(2,12(16)18-4)14-11(15)9-6-5-7-10(8-9)17-3/h5-8H,1-4H3,(H,14,15). The van der Waals surface area contributed by atoms with Crippen LogP contribution in [0.5, 0.6) is 5.75 Å². The highest BCUT2D eigenvalue weighted by atomic mass is 16.5. The zero-order valence-electron chi connectivity index (χ0n) is 10.9. The Morgan fingerprint density at radius 1 is 1.22 bits per heavy atom. The average Bonchev–Trinajstić information content (AvgIpc) is 2.37. The van der Waals surface area contributed by atoms with Crippen LogP contribution in [0, 0.1) is 0 Å². The SMILES string of the molecule is COC(=O)C(C)(C)NC(=O)c1cccc(OC)c1. The number of amides is 1. The molecule has 1 aromatic rings. The summed E-state index contributed by atoms with van der Waals surface area (Å²) in [4.78, 5) is 23.4. The van der Waals surface area contributed by atoms with Gasteiger partial charge in [0.25, 0.3) is 5.91 Å². The number of hydrogen-bond donors (Lipinski definition) is 1. The van der Waals surface area contributed by atoms with E-state index in [1.807, 2.05) is 0 Å². The van der Waals surface area contributed by atoms with E-state index >= 15 is 0 Å². The maximum atomic E-state index is 12.0. The number of hydrogen-bond acceptors (Lipinski definition) is 4. The van der Waals surface area contributed by atoms with Crippen LogP contribution < -0.4 is 10.1 Å². The fourth-order valence-electron chi connectivity index (χ4n) is 1.43. The Kier molecular flexibility index (Phi) is 4.31. The first kappa shape index (κ1) is 14.0. The first-order valence-corrected chi connectivity index (χ1v) is 5.45. The van der Waals surface area contributed by atoms with Crippen molar-refractivity contribution < 1.29 is 19.1 Å². The van der Waals surface area contributed by atoms with Crippen molar-refractivity contribution in [3.63, 3.8) is 0 Å². The molecule has 0 aliphatic rings. The van der Waals surface area contributed by atoms with Crippen LogP contribution in [0.15, 0.2) is 24.3 Å². The molecule has 1 N–H and O–H groups in total. The predicted octanol–water partition coefficient (Wildman–Crippen LogP) is 1.38. The zero-order chi connectivity index (χ0) is 13.8. The Morgan fingerprint density at radius 2 is 1.89 bits per heavy atom. The third-order valence-electron chi connectivity index (χ3n) is 2.45. The van der Waals surface area contributed by atoms with Crippen molar-refractivity contribution in [1.82, 2.24) is 5.32 Å². The lowest BCUT2D eigenvalue weighted by Crippen LogP contribution is -2.50. The second-order valence-corrected chi connectivity index (χ2v) is 4.30. The summed E-state index contributed by atoms with van der Waals surface area (Å²) in [7, 11) is 2.80. The molecule has 1 amide bonds. The highest BCUT2D eigenvalue weighted by Crippen LogP contribution is 2.14. The second-order valence-electron chi connectivity index (χ2n) is 4.30. The number of rotatable bonds is 4. The molecule has 0 saturated carbocycles. The maximum Gasteiger partial charge on any atom is 0.330 e. The molecule has 0 fully saturated rings. The van der Waals surface area contributed by atoms with Gasteiger partial charge in [-0.25, -0.2) is 4.79 Å². The molecular formula is C13H17NO4. The van der Waals surface area contributed by atoms with E-state index in [9.17, 15) is 9.59 Å². The van der Waals surface area contributed by atoms with Crippen LogP contribution in [0.2, 0.25) is 0 Å². The first-order chi connectivity index (χ1) is 8.40. The lowest BCUT2D eigenvalue weighted by Gasteiger charge is -2.23. The summed E-state index contributed by atoms with van der Waals surface area (Å²) in [5, 5.41) is 2.61. The summed E-state index contributed by atoms with van der Waals surface area (Å²) in [6, 6.07) is 6.69. The van der Waals surface area contributed by atoms with Gasteiger partial charge in [-0.15, -0.1) is 0 Å². The minimum absolute atomic E-state index is 0.357. The summed E-state index contributed by atoms with van der Waals surface area (Å²) < 4.78 is 9.65. The number of esters is 1. The van der Waals surface area contributed by atoms with Crippen LogP contribution >= 0.6 is 0 Å². The number of methoxy groups -OCH3 is 2. The molecular weight excluding hydrogens is 234 g/mol. The molecule has 0 saturated heterocycles. The van der Waals surface area contributed by atoms with Crippen LogP contribution in [0.3, 0.4) is 0 Å². The molecule has 18 heavy (non-hydrogen) atoms. The minimum Gasteiger partial charge on any atom is -0.497 e. The molecule has 0 radical (unpaired) electrons. The maximum absolute atomic E-state index is 12.0. The number of nitrogens with one attached hydrogen (secondary N) is 1. The Labute approximate surface area is 106 Å². The zero-order valence-corrected chi connectivity index (χ0v) is 10.9. The van der Waals surface area contributed by atoms with Crippen molar-refractivity contribution in [2.45, 2.75) is 19.4 Å². The van der Waals surface area contributed by atoms with Gasteiger partial charge in [0.2, 0.25) is 0 Å². The molecule has 5 nitrogen and oxygen atoms in total. The van der Waals surface area contributed by atoms with E-state index in [1.165, 1.54) is 14.2 Å². The van der Waals surface area contributed by atoms with Gasteiger partial charge >= 0.3 is 5.97 Å². The van der Waals surface area contributed by atoms with Crippen LogP contribution in [-0.2, 0) is 9.53 Å². The van der Waals surface area contributed by atoms with Crippen molar-refractivity contribution in [2.75, 3.05) is 14.2 Å². The Balaban J connectivity index is 2.85. The fourth-order valence-corrected chi connectivity index (χ4v) is 1.43. The van der Waals surface area contributed by atoms with Gasteiger partial charge in [0.15, 0.2) is 0 Å². The number of ether oxygens (including phenoxy) is 2. The van der Waals surface area contributed by atoms with Crippen LogP contribution in [-0.4, -0.2) is 31.6 Å². The van der Waals surface area contributed by atoms with Crippen molar-refractivity contribution in [1.29, 1.82) is 0 Å². The van der Waals surface area contributed by atoms with Crippen LogP contribution in [0.1, 0.15) is 24.2 Å². The van der Waals surface area contributed by atoms with Crippen LogP contribution in [0.4, 0.5) is 0 Å². The molecule has 1 aromatic carbocycles. The quantitative estimate of drug-likeness (QED) is 0.821. The second kappa shape index (κ2) is 5.53. The van der Waals surface area contributed by atoms with Crippen molar-refractivity contribution in [2.24, 2.45) is 0 Å². The molecule has 0 aromatic heterocycles. The molecule has 0 unspecified atom stereocenters. The van der Waals surface area contributed by atoms with Crippen LogP contribution in [0.25, 0.3) is 0 Å². The third-order valence-corrected chi connectivity index (χ3v) is 2.45. The summed E-state index contributed by atoms with van der Waals surface area (Å²) in [6.45, 7) is 3.16. The molecule has 0 aliphatic heterocycles. The Morgan fingerprint density at radius 3 is 2.44 bits per heavy atom. The predicted molar refractivity (Wildman–Crippen MR) is 66.6 cm³/mol. The average molecular weight is 251 g/mol. The molecule has 0 aliphatic carbocycles. The number of benzene rings is 1. The van der Waals surface area contributed by atoms with E-state index in [0.29, 0.717) is 11.3 Å². The van der Waals surface area contributed by atoms with Crippen molar-refractivity contribution >= 4 is 11.9 Å². The molecule has 98 valence electrons. The van der Waals surface area contributed by atoms with Gasteiger partial charge < -0.3 is 14.8 Å². The van der Waals surface area contributed by atoms with E-state index in [-0.39, 0.29) is 5.91 Å². The van der Waals surface area contributed by atoms with Crippen molar-refractivity contribution in [3.8, 4) is 5.75 Å². The highest BCUT2D eigenvalue weighted by Gasteiger charge is 2.30. The summed E-state index contributed by atoms with van der Waals surface area (Å²) in [6.07, 6.45) is 0. The largest absolute Gasteiger partial charge is 0.497 e. The number of carbonyl (C=O) groups is 2. The lowest BCUT2D eigenvalue weighted by molar-refractivity contribution is -0.146. The summed E-state index contributed by atoms with van der Waals surface area (Å²) >= 11 is 0. The third kappa shape index (κ3) is 3.23.